The van der Waals surface area contributed by atoms with Crippen LogP contribution < -0.4 is 14.5 Å². The first-order chi connectivity index (χ1) is 32.5. The van der Waals surface area contributed by atoms with Crippen LogP contribution in [-0.2, 0) is 0 Å². The predicted octanol–water partition coefficient (Wildman–Crippen LogP) is 18.1. The molecule has 0 unspecified atom stereocenters. The molecule has 0 aromatic heterocycles. The molecule has 11 aromatic rings. The SMILES string of the molecule is Cc1cc(C)c(N(c2ccccc2)c2ccc3c(c2)Oc2cccc4c2c-3cc2c3ccccc3c(-c3ccc(N(c5ccccc5)c5ccccc5-c5ccccc5)cc3)cc42)c(C)c1. The van der Waals surface area contributed by atoms with Crippen LogP contribution in [0.4, 0.5) is 34.1 Å². The van der Waals surface area contributed by atoms with E-state index in [9.17, 15) is 0 Å². The molecule has 1 aliphatic rings. The summed E-state index contributed by atoms with van der Waals surface area (Å²) in [5.41, 5.74) is 17.4. The van der Waals surface area contributed by atoms with Crippen molar-refractivity contribution in [2.24, 2.45) is 0 Å². The second-order valence-corrected chi connectivity index (χ2v) is 17.5. The maximum Gasteiger partial charge on any atom is 0.137 e. The van der Waals surface area contributed by atoms with Gasteiger partial charge in [-0.25, -0.2) is 0 Å². The Kier molecular flexibility index (Phi) is 9.50. The average Bonchev–Trinajstić information content (AvgIpc) is 3.36. The smallest absolute Gasteiger partial charge is 0.137 e. The summed E-state index contributed by atoms with van der Waals surface area (Å²) in [4.78, 5) is 4.73. The van der Waals surface area contributed by atoms with Crippen molar-refractivity contribution in [3.8, 4) is 44.9 Å². The van der Waals surface area contributed by atoms with E-state index >= 15 is 0 Å². The van der Waals surface area contributed by atoms with Crippen LogP contribution in [0.3, 0.4) is 0 Å². The number of rotatable bonds is 8. The minimum absolute atomic E-state index is 0.854. The Morgan fingerprint density at radius 1 is 0.318 bits per heavy atom. The third-order valence-corrected chi connectivity index (χ3v) is 13.2. The maximum absolute atomic E-state index is 6.96. The van der Waals surface area contributed by atoms with Crippen LogP contribution in [0, 0.1) is 20.8 Å². The largest absolute Gasteiger partial charge is 0.456 e. The molecule has 1 aliphatic heterocycles. The fourth-order valence-electron chi connectivity index (χ4n) is 10.5. The Morgan fingerprint density at radius 3 is 1.59 bits per heavy atom. The summed E-state index contributed by atoms with van der Waals surface area (Å²) in [5, 5.41) is 7.21. The first-order valence-electron chi connectivity index (χ1n) is 22.7. The Bertz CT molecular complexity index is 3610. The van der Waals surface area contributed by atoms with Crippen LogP contribution in [0.1, 0.15) is 16.7 Å². The number of para-hydroxylation sites is 3. The number of aryl methyl sites for hydroxylation is 3. The summed E-state index contributed by atoms with van der Waals surface area (Å²) in [6.07, 6.45) is 0. The van der Waals surface area contributed by atoms with E-state index in [0.717, 1.165) is 56.4 Å². The normalized spacial score (nSPS) is 11.7. The summed E-state index contributed by atoms with van der Waals surface area (Å²) >= 11 is 0. The number of hydrogen-bond donors (Lipinski definition) is 0. The molecule has 11 aromatic carbocycles. The number of hydrogen-bond acceptors (Lipinski definition) is 3. The highest BCUT2D eigenvalue weighted by Crippen LogP contribution is 2.52. The van der Waals surface area contributed by atoms with Crippen LogP contribution in [0.25, 0.3) is 65.7 Å². The quantitative estimate of drug-likeness (QED) is 0.142. The van der Waals surface area contributed by atoms with Gasteiger partial charge < -0.3 is 14.5 Å². The van der Waals surface area contributed by atoms with Crippen LogP contribution in [0.15, 0.2) is 224 Å². The van der Waals surface area contributed by atoms with E-state index in [1.165, 1.54) is 71.6 Å². The van der Waals surface area contributed by atoms with Gasteiger partial charge in [0.2, 0.25) is 0 Å². The summed E-state index contributed by atoms with van der Waals surface area (Å²) in [6, 6.07) is 81.2. The molecule has 66 heavy (non-hydrogen) atoms. The number of anilines is 6. The minimum Gasteiger partial charge on any atom is -0.456 e. The summed E-state index contributed by atoms with van der Waals surface area (Å²) in [7, 11) is 0. The van der Waals surface area contributed by atoms with Crippen molar-refractivity contribution in [1.82, 2.24) is 0 Å². The molecule has 0 saturated heterocycles. The zero-order valence-corrected chi connectivity index (χ0v) is 37.2. The topological polar surface area (TPSA) is 15.7 Å². The van der Waals surface area contributed by atoms with Crippen molar-refractivity contribution in [1.29, 1.82) is 0 Å². The van der Waals surface area contributed by atoms with Crippen molar-refractivity contribution < 1.29 is 4.74 Å². The highest BCUT2D eigenvalue weighted by molar-refractivity contribution is 6.25. The fourth-order valence-corrected chi connectivity index (χ4v) is 10.5. The second-order valence-electron chi connectivity index (χ2n) is 17.5. The highest BCUT2D eigenvalue weighted by Gasteiger charge is 2.26. The summed E-state index contributed by atoms with van der Waals surface area (Å²) < 4.78 is 6.96. The Labute approximate surface area is 386 Å². The molecule has 0 spiro atoms. The molecule has 0 aliphatic carbocycles. The fraction of sp³-hybridized carbons (Fsp3) is 0.0476. The highest BCUT2D eigenvalue weighted by atomic mass is 16.5. The average molecular weight is 847 g/mol. The van der Waals surface area contributed by atoms with Gasteiger partial charge in [-0.2, -0.15) is 0 Å². The monoisotopic (exact) mass is 846 g/mol. The second kappa shape index (κ2) is 16.0. The number of nitrogens with zero attached hydrogens (tertiary/aromatic N) is 2. The van der Waals surface area contributed by atoms with E-state index in [4.69, 9.17) is 4.74 Å². The summed E-state index contributed by atoms with van der Waals surface area (Å²) in [6.45, 7) is 6.58. The molecule has 0 atom stereocenters. The van der Waals surface area contributed by atoms with Crippen LogP contribution in [-0.4, -0.2) is 0 Å². The van der Waals surface area contributed by atoms with Gasteiger partial charge in [-0.05, 0) is 154 Å². The van der Waals surface area contributed by atoms with Gasteiger partial charge in [0.25, 0.3) is 0 Å². The molecule has 3 heteroatoms. The van der Waals surface area contributed by atoms with Gasteiger partial charge in [0.1, 0.15) is 11.5 Å². The number of fused-ring (bicyclic) bond motifs is 6. The molecular formula is C63H46N2O. The van der Waals surface area contributed by atoms with E-state index in [1.807, 2.05) is 0 Å². The van der Waals surface area contributed by atoms with Gasteiger partial charge in [0, 0.05) is 45.3 Å². The zero-order chi connectivity index (χ0) is 44.3. The zero-order valence-electron chi connectivity index (χ0n) is 37.2. The van der Waals surface area contributed by atoms with E-state index < -0.39 is 0 Å². The number of benzene rings is 11. The Balaban J connectivity index is 0.990. The summed E-state index contributed by atoms with van der Waals surface area (Å²) in [5.74, 6) is 1.73. The molecule has 0 radical (unpaired) electrons. The molecule has 0 fully saturated rings. The van der Waals surface area contributed by atoms with E-state index in [-0.39, 0.29) is 0 Å². The first-order valence-corrected chi connectivity index (χ1v) is 22.7. The lowest BCUT2D eigenvalue weighted by Gasteiger charge is -2.30. The lowest BCUT2D eigenvalue weighted by molar-refractivity contribution is 0.487. The Morgan fingerprint density at radius 2 is 0.864 bits per heavy atom. The van der Waals surface area contributed by atoms with Gasteiger partial charge in [-0.1, -0.05) is 151 Å². The standard InChI is InChI=1S/C63H46N2O/c1-41-36-42(2)63(43(3)37-41)65(47-22-11-6-12-23-47)49-34-35-53-58-40-56-52-26-14-13-25-51(52)55(39-57(56)54-27-17-29-60(62(54)58)66-61(53)38-49)45-30-32-48(33-31-45)64(46-20-9-5-10-21-46)59-28-16-15-24-50(59)44-18-7-4-8-19-44/h4-40H,1-3H3. The van der Waals surface area contributed by atoms with Crippen molar-refractivity contribution in [3.05, 3.63) is 241 Å². The van der Waals surface area contributed by atoms with Gasteiger partial charge in [0.15, 0.2) is 0 Å². The van der Waals surface area contributed by atoms with Gasteiger partial charge in [-0.3, -0.25) is 0 Å². The maximum atomic E-state index is 6.96. The van der Waals surface area contributed by atoms with Crippen molar-refractivity contribution in [2.75, 3.05) is 9.80 Å². The molecule has 0 N–H and O–H groups in total. The van der Waals surface area contributed by atoms with Gasteiger partial charge in [0.05, 0.1) is 11.4 Å². The van der Waals surface area contributed by atoms with Crippen LogP contribution >= 0.6 is 0 Å². The Hall–Kier alpha value is -8.40. The van der Waals surface area contributed by atoms with Crippen molar-refractivity contribution >= 4 is 66.4 Å². The van der Waals surface area contributed by atoms with Gasteiger partial charge >= 0.3 is 0 Å². The van der Waals surface area contributed by atoms with Crippen molar-refractivity contribution in [2.45, 2.75) is 20.8 Å². The van der Waals surface area contributed by atoms with E-state index in [1.54, 1.807) is 0 Å². The van der Waals surface area contributed by atoms with E-state index in [2.05, 4.69) is 255 Å². The van der Waals surface area contributed by atoms with Crippen LogP contribution in [0.5, 0.6) is 11.5 Å². The molecule has 0 bridgehead atoms. The van der Waals surface area contributed by atoms with Gasteiger partial charge in [-0.15, -0.1) is 0 Å². The molecule has 12 rings (SSSR count). The third kappa shape index (κ3) is 6.59. The molecule has 3 nitrogen and oxygen atoms in total. The molecule has 0 amide bonds. The molecule has 314 valence electrons. The van der Waals surface area contributed by atoms with Crippen LogP contribution in [0.2, 0.25) is 0 Å². The molecule has 1 heterocycles. The number of ether oxygens (including phenoxy) is 1. The third-order valence-electron chi connectivity index (χ3n) is 13.2. The van der Waals surface area contributed by atoms with Crippen molar-refractivity contribution in [3.63, 3.8) is 0 Å². The molecule has 0 saturated carbocycles. The predicted molar refractivity (Wildman–Crippen MR) is 279 cm³/mol. The lowest BCUT2D eigenvalue weighted by atomic mass is 9.86. The molecular weight excluding hydrogens is 801 g/mol. The van der Waals surface area contributed by atoms with E-state index in [0.29, 0.717) is 0 Å². The lowest BCUT2D eigenvalue weighted by Crippen LogP contribution is -2.13. The first kappa shape index (κ1) is 39.2. The minimum atomic E-state index is 0.854.